The summed E-state index contributed by atoms with van der Waals surface area (Å²) in [6, 6.07) is 4.60. The molecule has 122 valence electrons. The molecule has 2 heterocycles. The summed E-state index contributed by atoms with van der Waals surface area (Å²) in [5.74, 6) is 0.614. The van der Waals surface area contributed by atoms with Gasteiger partial charge in [0.05, 0.1) is 11.5 Å². The normalized spacial score (nSPS) is 18.4. The lowest BCUT2D eigenvalue weighted by Gasteiger charge is -2.11. The molecule has 0 aliphatic carbocycles. The van der Waals surface area contributed by atoms with Crippen LogP contribution in [-0.2, 0) is 11.0 Å². The molecule has 1 aliphatic rings. The molecule has 3 rings (SSSR count). The van der Waals surface area contributed by atoms with E-state index in [1.54, 1.807) is 4.90 Å². The van der Waals surface area contributed by atoms with Crippen LogP contribution < -0.4 is 0 Å². The number of carbonyl (C=O) groups is 1. The SMILES string of the molecule is CC(=O)N1CC[C@H](c2nc(-c3ccc(C(F)(F)F)cc3)no2)C1. The quantitative estimate of drug-likeness (QED) is 0.851. The number of hydrogen-bond acceptors (Lipinski definition) is 4. The molecule has 1 fully saturated rings. The van der Waals surface area contributed by atoms with Crippen LogP contribution in [0, 0.1) is 0 Å². The Hall–Kier alpha value is -2.38. The van der Waals surface area contributed by atoms with E-state index in [1.165, 1.54) is 19.1 Å². The van der Waals surface area contributed by atoms with Gasteiger partial charge in [-0.05, 0) is 18.6 Å². The monoisotopic (exact) mass is 325 g/mol. The third kappa shape index (κ3) is 3.20. The largest absolute Gasteiger partial charge is 0.416 e. The highest BCUT2D eigenvalue weighted by Gasteiger charge is 2.31. The van der Waals surface area contributed by atoms with Crippen molar-refractivity contribution in [1.82, 2.24) is 15.0 Å². The van der Waals surface area contributed by atoms with E-state index in [-0.39, 0.29) is 17.6 Å². The van der Waals surface area contributed by atoms with Crippen LogP contribution in [-0.4, -0.2) is 34.0 Å². The van der Waals surface area contributed by atoms with E-state index in [0.717, 1.165) is 18.6 Å². The molecular formula is C15H14F3N3O2. The first-order valence-electron chi connectivity index (χ1n) is 7.11. The number of amides is 1. The molecule has 2 aromatic rings. The van der Waals surface area contributed by atoms with Crippen LogP contribution in [0.15, 0.2) is 28.8 Å². The molecule has 1 aliphatic heterocycles. The minimum atomic E-state index is -4.37. The highest BCUT2D eigenvalue weighted by molar-refractivity contribution is 5.73. The van der Waals surface area contributed by atoms with E-state index in [9.17, 15) is 18.0 Å². The van der Waals surface area contributed by atoms with Gasteiger partial charge in [-0.15, -0.1) is 0 Å². The highest BCUT2D eigenvalue weighted by Crippen LogP contribution is 2.31. The van der Waals surface area contributed by atoms with E-state index in [0.29, 0.717) is 24.5 Å². The van der Waals surface area contributed by atoms with Crippen molar-refractivity contribution in [2.24, 2.45) is 0 Å². The third-order valence-electron chi connectivity index (χ3n) is 3.89. The molecular weight excluding hydrogens is 311 g/mol. The van der Waals surface area contributed by atoms with E-state index >= 15 is 0 Å². The summed E-state index contributed by atoms with van der Waals surface area (Å²) in [5.41, 5.74) is -0.271. The Labute approximate surface area is 130 Å². The number of aromatic nitrogens is 2. The summed E-state index contributed by atoms with van der Waals surface area (Å²) in [5, 5.41) is 3.82. The second kappa shape index (κ2) is 5.68. The lowest BCUT2D eigenvalue weighted by molar-refractivity contribution is -0.137. The lowest BCUT2D eigenvalue weighted by atomic mass is 10.1. The number of alkyl halides is 3. The summed E-state index contributed by atoms with van der Waals surface area (Å²) >= 11 is 0. The first-order chi connectivity index (χ1) is 10.8. The molecule has 8 heteroatoms. The van der Waals surface area contributed by atoms with Gasteiger partial charge in [0.25, 0.3) is 0 Å². The fourth-order valence-electron chi connectivity index (χ4n) is 2.57. The van der Waals surface area contributed by atoms with Crippen molar-refractivity contribution in [3.63, 3.8) is 0 Å². The summed E-state index contributed by atoms with van der Waals surface area (Å²) in [6.07, 6.45) is -3.64. The Morgan fingerprint density at radius 3 is 2.57 bits per heavy atom. The molecule has 0 bridgehead atoms. The molecule has 5 nitrogen and oxygen atoms in total. The summed E-state index contributed by atoms with van der Waals surface area (Å²) < 4.78 is 42.9. The van der Waals surface area contributed by atoms with Crippen LogP contribution >= 0.6 is 0 Å². The standard InChI is InChI=1S/C15H14F3N3O2/c1-9(22)21-7-6-11(8-21)14-19-13(20-23-14)10-2-4-12(5-3-10)15(16,17)18/h2-5,11H,6-8H2,1H3/t11-/m0/s1. The zero-order chi connectivity index (χ0) is 16.6. The molecule has 0 N–H and O–H groups in total. The predicted molar refractivity (Wildman–Crippen MR) is 74.3 cm³/mol. The molecule has 0 saturated carbocycles. The Balaban J connectivity index is 1.76. The molecule has 1 aromatic carbocycles. The van der Waals surface area contributed by atoms with E-state index in [1.807, 2.05) is 0 Å². The Morgan fingerprint density at radius 1 is 1.30 bits per heavy atom. The number of benzene rings is 1. The van der Waals surface area contributed by atoms with Gasteiger partial charge in [0, 0.05) is 25.6 Å². The summed E-state index contributed by atoms with van der Waals surface area (Å²) in [4.78, 5) is 17.3. The van der Waals surface area contributed by atoms with Crippen molar-refractivity contribution >= 4 is 5.91 Å². The van der Waals surface area contributed by atoms with Gasteiger partial charge in [-0.25, -0.2) is 0 Å². The summed E-state index contributed by atoms with van der Waals surface area (Å²) in [7, 11) is 0. The molecule has 1 atom stereocenters. The minimum Gasteiger partial charge on any atom is -0.342 e. The number of carbonyl (C=O) groups excluding carboxylic acids is 1. The number of hydrogen-bond donors (Lipinski definition) is 0. The van der Waals surface area contributed by atoms with Crippen LogP contribution in [0.4, 0.5) is 13.2 Å². The van der Waals surface area contributed by atoms with Gasteiger partial charge in [-0.1, -0.05) is 17.3 Å². The Kier molecular flexibility index (Phi) is 3.83. The Bertz CT molecular complexity index is 710. The third-order valence-corrected chi connectivity index (χ3v) is 3.89. The van der Waals surface area contributed by atoms with Gasteiger partial charge in [0.1, 0.15) is 0 Å². The maximum atomic E-state index is 12.6. The molecule has 23 heavy (non-hydrogen) atoms. The minimum absolute atomic E-state index is 0.00465. The van der Waals surface area contributed by atoms with Crippen LogP contribution in [0.3, 0.4) is 0 Å². The van der Waals surface area contributed by atoms with Gasteiger partial charge >= 0.3 is 6.18 Å². The van der Waals surface area contributed by atoms with E-state index in [4.69, 9.17) is 4.52 Å². The predicted octanol–water partition coefficient (Wildman–Crippen LogP) is 3.09. The number of rotatable bonds is 2. The second-order valence-electron chi connectivity index (χ2n) is 5.48. The fourth-order valence-corrected chi connectivity index (χ4v) is 2.57. The maximum absolute atomic E-state index is 12.6. The van der Waals surface area contributed by atoms with Crippen molar-refractivity contribution in [2.45, 2.75) is 25.4 Å². The smallest absolute Gasteiger partial charge is 0.342 e. The van der Waals surface area contributed by atoms with E-state index < -0.39 is 11.7 Å². The molecule has 1 amide bonds. The van der Waals surface area contributed by atoms with Crippen molar-refractivity contribution in [3.8, 4) is 11.4 Å². The average molecular weight is 325 g/mol. The molecule has 1 saturated heterocycles. The van der Waals surface area contributed by atoms with Crippen molar-refractivity contribution in [3.05, 3.63) is 35.7 Å². The number of halogens is 3. The Morgan fingerprint density at radius 2 is 2.00 bits per heavy atom. The molecule has 0 spiro atoms. The summed E-state index contributed by atoms with van der Waals surface area (Å²) in [6.45, 7) is 2.66. The zero-order valence-corrected chi connectivity index (χ0v) is 12.3. The average Bonchev–Trinajstić information content (AvgIpc) is 3.15. The first-order valence-corrected chi connectivity index (χ1v) is 7.11. The maximum Gasteiger partial charge on any atom is 0.416 e. The van der Waals surface area contributed by atoms with Gasteiger partial charge in [-0.3, -0.25) is 4.79 Å². The van der Waals surface area contributed by atoms with Gasteiger partial charge in [0.15, 0.2) is 0 Å². The topological polar surface area (TPSA) is 59.2 Å². The second-order valence-corrected chi connectivity index (χ2v) is 5.48. The first kappa shape index (κ1) is 15.5. The van der Waals surface area contributed by atoms with Crippen LogP contribution in [0.1, 0.15) is 30.7 Å². The van der Waals surface area contributed by atoms with Gasteiger partial charge in [0.2, 0.25) is 17.6 Å². The van der Waals surface area contributed by atoms with Crippen molar-refractivity contribution in [2.75, 3.05) is 13.1 Å². The van der Waals surface area contributed by atoms with Crippen LogP contribution in [0.5, 0.6) is 0 Å². The molecule has 0 unspecified atom stereocenters. The number of nitrogens with zero attached hydrogens (tertiary/aromatic N) is 3. The van der Waals surface area contributed by atoms with Crippen molar-refractivity contribution < 1.29 is 22.5 Å². The van der Waals surface area contributed by atoms with Crippen molar-refractivity contribution in [1.29, 1.82) is 0 Å². The highest BCUT2D eigenvalue weighted by atomic mass is 19.4. The molecule has 1 aromatic heterocycles. The van der Waals surface area contributed by atoms with Crippen LogP contribution in [0.2, 0.25) is 0 Å². The van der Waals surface area contributed by atoms with E-state index in [2.05, 4.69) is 10.1 Å². The lowest BCUT2D eigenvalue weighted by Crippen LogP contribution is -2.25. The van der Waals surface area contributed by atoms with Gasteiger partial charge < -0.3 is 9.42 Å². The van der Waals surface area contributed by atoms with Gasteiger partial charge in [-0.2, -0.15) is 18.2 Å². The van der Waals surface area contributed by atoms with Crippen LogP contribution in [0.25, 0.3) is 11.4 Å². The fraction of sp³-hybridized carbons (Fsp3) is 0.400. The number of likely N-dealkylation sites (tertiary alicyclic amines) is 1. The molecule has 0 radical (unpaired) electrons. The zero-order valence-electron chi connectivity index (χ0n) is 12.3.